The molecule has 12 atom stereocenters. The van der Waals surface area contributed by atoms with Gasteiger partial charge in [0, 0.05) is 53.4 Å². The second-order valence-corrected chi connectivity index (χ2v) is 13.9. The average Bonchev–Trinajstić information content (AvgIpc) is 3.64. The Balaban J connectivity index is 1.58. The second kappa shape index (κ2) is 10.0. The van der Waals surface area contributed by atoms with Crippen molar-refractivity contribution >= 4 is 11.9 Å². The Kier molecular flexibility index (Phi) is 7.08. The van der Waals surface area contributed by atoms with E-state index in [2.05, 4.69) is 27.7 Å². The van der Waals surface area contributed by atoms with Gasteiger partial charge in [0.05, 0.1) is 37.4 Å². The highest BCUT2D eigenvalue weighted by molar-refractivity contribution is 5.87. The SMILES string of the molecule is C/C=C(\C)C(=O)O[C@@H]1[C@H]2OC[C@]3(C)[C@@H]2[C@@](C)([C@@H]2C[C@H](O)O[C@H]4C[C@H](c5ccoc5)C(C)=C4[C@@]12C)[C@@H](O)C[C@H]3OC(C)=O. The van der Waals surface area contributed by atoms with Gasteiger partial charge in [0.2, 0.25) is 0 Å². The lowest BCUT2D eigenvalue weighted by Gasteiger charge is -2.66. The summed E-state index contributed by atoms with van der Waals surface area (Å²) in [5, 5.41) is 23.4. The van der Waals surface area contributed by atoms with E-state index in [1.54, 1.807) is 32.4 Å². The van der Waals surface area contributed by atoms with Crippen LogP contribution in [-0.2, 0) is 28.5 Å². The maximum absolute atomic E-state index is 13.5. The Morgan fingerprint density at radius 2 is 1.83 bits per heavy atom. The number of aliphatic hydroxyl groups excluding tert-OH is 2. The maximum Gasteiger partial charge on any atom is 0.333 e. The molecule has 42 heavy (non-hydrogen) atoms. The molecule has 3 aliphatic carbocycles. The van der Waals surface area contributed by atoms with Gasteiger partial charge in [0.25, 0.3) is 0 Å². The van der Waals surface area contributed by atoms with Gasteiger partial charge >= 0.3 is 11.9 Å². The van der Waals surface area contributed by atoms with Crippen LogP contribution in [0, 0.1) is 28.1 Å². The van der Waals surface area contributed by atoms with Crippen LogP contribution in [-0.4, -0.2) is 65.6 Å². The summed E-state index contributed by atoms with van der Waals surface area (Å²) in [5.74, 6) is -1.51. The minimum Gasteiger partial charge on any atom is -0.472 e. The summed E-state index contributed by atoms with van der Waals surface area (Å²) in [7, 11) is 0. The lowest BCUT2D eigenvalue weighted by Crippen LogP contribution is -2.72. The summed E-state index contributed by atoms with van der Waals surface area (Å²) in [4.78, 5) is 25.7. The summed E-state index contributed by atoms with van der Waals surface area (Å²) in [6.45, 7) is 13.5. The first-order valence-electron chi connectivity index (χ1n) is 15.2. The van der Waals surface area contributed by atoms with E-state index < -0.39 is 65.0 Å². The van der Waals surface area contributed by atoms with Crippen LogP contribution in [0.4, 0.5) is 0 Å². The molecule has 0 spiro atoms. The molecule has 0 radical (unpaired) electrons. The molecule has 0 amide bonds. The summed E-state index contributed by atoms with van der Waals surface area (Å²) >= 11 is 0. The van der Waals surface area contributed by atoms with E-state index >= 15 is 0 Å². The molecule has 1 aromatic heterocycles. The fourth-order valence-corrected chi connectivity index (χ4v) is 9.91. The molecule has 9 heteroatoms. The third-order valence-electron chi connectivity index (χ3n) is 11.9. The highest BCUT2D eigenvalue weighted by Gasteiger charge is 2.77. The van der Waals surface area contributed by atoms with E-state index in [0.717, 1.165) is 16.7 Å². The zero-order valence-electron chi connectivity index (χ0n) is 25.6. The topological polar surface area (TPSA) is 125 Å². The zero-order valence-corrected chi connectivity index (χ0v) is 25.6. The first-order valence-corrected chi connectivity index (χ1v) is 15.2. The fourth-order valence-electron chi connectivity index (χ4n) is 9.91. The molecular weight excluding hydrogens is 540 g/mol. The van der Waals surface area contributed by atoms with E-state index in [9.17, 15) is 19.8 Å². The third-order valence-corrected chi connectivity index (χ3v) is 11.9. The summed E-state index contributed by atoms with van der Waals surface area (Å²) in [6, 6.07) is 1.95. The number of furan rings is 1. The van der Waals surface area contributed by atoms with Crippen LogP contribution in [0.15, 0.2) is 45.8 Å². The molecule has 0 aromatic carbocycles. The molecule has 5 aliphatic rings. The minimum atomic E-state index is -1.08. The van der Waals surface area contributed by atoms with E-state index in [1.165, 1.54) is 6.92 Å². The van der Waals surface area contributed by atoms with Crippen LogP contribution in [0.1, 0.15) is 79.2 Å². The largest absolute Gasteiger partial charge is 0.472 e. The predicted octanol–water partition coefficient (Wildman–Crippen LogP) is 4.43. The van der Waals surface area contributed by atoms with Gasteiger partial charge in [-0.05, 0) is 50.3 Å². The molecule has 6 rings (SSSR count). The molecule has 4 fully saturated rings. The number of carbonyl (C=O) groups is 2. The van der Waals surface area contributed by atoms with Gasteiger partial charge < -0.3 is 33.6 Å². The van der Waals surface area contributed by atoms with Crippen LogP contribution >= 0.6 is 0 Å². The van der Waals surface area contributed by atoms with Crippen LogP contribution in [0.3, 0.4) is 0 Å². The molecular formula is C33H44O9. The van der Waals surface area contributed by atoms with Crippen molar-refractivity contribution in [2.75, 3.05) is 6.61 Å². The summed E-state index contributed by atoms with van der Waals surface area (Å²) in [6.07, 6.45) is 2.01. The second-order valence-electron chi connectivity index (χ2n) is 13.9. The Bertz CT molecular complexity index is 1310. The minimum absolute atomic E-state index is 0.00469. The molecule has 0 bridgehead atoms. The monoisotopic (exact) mass is 584 g/mol. The normalized spacial score (nSPS) is 46.4. The number of carbonyl (C=O) groups excluding carboxylic acids is 2. The van der Waals surface area contributed by atoms with Crippen molar-refractivity contribution in [2.24, 2.45) is 28.1 Å². The first-order chi connectivity index (χ1) is 19.8. The van der Waals surface area contributed by atoms with Crippen molar-refractivity contribution in [1.29, 1.82) is 0 Å². The van der Waals surface area contributed by atoms with Gasteiger partial charge in [0.1, 0.15) is 12.2 Å². The molecule has 2 saturated carbocycles. The smallest absolute Gasteiger partial charge is 0.333 e. The first kappa shape index (κ1) is 29.6. The molecule has 1 aromatic rings. The van der Waals surface area contributed by atoms with E-state index in [-0.39, 0.29) is 30.6 Å². The number of hydrogen-bond acceptors (Lipinski definition) is 9. The molecule has 2 N–H and O–H groups in total. The highest BCUT2D eigenvalue weighted by Crippen LogP contribution is 2.72. The van der Waals surface area contributed by atoms with Gasteiger partial charge in [-0.3, -0.25) is 4.79 Å². The van der Waals surface area contributed by atoms with Crippen molar-refractivity contribution in [1.82, 2.24) is 0 Å². The number of fused-ring (bicyclic) bond motifs is 4. The lowest BCUT2D eigenvalue weighted by molar-refractivity contribution is -0.258. The number of hydrogen-bond donors (Lipinski definition) is 2. The van der Waals surface area contributed by atoms with Crippen molar-refractivity contribution in [2.45, 2.75) is 110 Å². The number of esters is 2. The third kappa shape index (κ3) is 3.96. The Hall–Kier alpha value is -2.46. The van der Waals surface area contributed by atoms with Gasteiger partial charge in [-0.1, -0.05) is 32.4 Å². The van der Waals surface area contributed by atoms with E-state index in [1.807, 2.05) is 6.07 Å². The van der Waals surface area contributed by atoms with Crippen molar-refractivity contribution in [3.63, 3.8) is 0 Å². The molecule has 230 valence electrons. The number of aliphatic hydroxyl groups is 2. The fraction of sp³-hybridized carbons (Fsp3) is 0.697. The standard InChI is InChI=1S/C33H44O9/c1-8-16(2)30(37)42-29-27-28-31(5,15-39-27)24(40-18(4)34)13-23(35)32(28,6)22-12-25(36)41-21-11-20(19-9-10-38-14-19)17(3)26(21)33(22,29)7/h8-10,14,20-25,27-29,35-36H,11-13,15H2,1-7H3/b16-8+/t20-,21-,22-,23-,24+,25+,27-,28+,29+,31-,32-,33-/m0/s1. The van der Waals surface area contributed by atoms with Crippen LogP contribution in [0.2, 0.25) is 0 Å². The number of rotatable bonds is 4. The summed E-state index contributed by atoms with van der Waals surface area (Å²) < 4.78 is 30.8. The quantitative estimate of drug-likeness (QED) is 0.300. The van der Waals surface area contributed by atoms with Crippen LogP contribution in [0.5, 0.6) is 0 Å². The van der Waals surface area contributed by atoms with Crippen molar-refractivity contribution in [3.05, 3.63) is 47.0 Å². The van der Waals surface area contributed by atoms with Crippen LogP contribution < -0.4 is 0 Å². The van der Waals surface area contributed by atoms with E-state index in [0.29, 0.717) is 18.6 Å². The lowest BCUT2D eigenvalue weighted by atomic mass is 9.39. The van der Waals surface area contributed by atoms with Crippen molar-refractivity contribution in [3.8, 4) is 0 Å². The number of allylic oxidation sites excluding steroid dienone is 2. The van der Waals surface area contributed by atoms with Gasteiger partial charge in [-0.2, -0.15) is 0 Å². The van der Waals surface area contributed by atoms with Gasteiger partial charge in [0.15, 0.2) is 6.29 Å². The molecule has 2 saturated heterocycles. The Labute approximate surface area is 247 Å². The Morgan fingerprint density at radius 3 is 2.48 bits per heavy atom. The predicted molar refractivity (Wildman–Crippen MR) is 151 cm³/mol. The van der Waals surface area contributed by atoms with Crippen molar-refractivity contribution < 1.29 is 43.2 Å². The van der Waals surface area contributed by atoms with Crippen LogP contribution in [0.25, 0.3) is 0 Å². The average molecular weight is 585 g/mol. The van der Waals surface area contributed by atoms with Gasteiger partial charge in [-0.25, -0.2) is 4.79 Å². The molecule has 3 heterocycles. The molecule has 2 aliphatic heterocycles. The molecule has 0 unspecified atom stereocenters. The van der Waals surface area contributed by atoms with Gasteiger partial charge in [-0.15, -0.1) is 0 Å². The zero-order chi connectivity index (χ0) is 30.4. The Morgan fingerprint density at radius 1 is 1.10 bits per heavy atom. The maximum atomic E-state index is 13.5. The highest BCUT2D eigenvalue weighted by atomic mass is 16.6. The summed E-state index contributed by atoms with van der Waals surface area (Å²) in [5.41, 5.74) is 1.35. The number of ether oxygens (including phenoxy) is 4. The van der Waals surface area contributed by atoms with E-state index in [4.69, 9.17) is 23.4 Å². The molecule has 9 nitrogen and oxygen atoms in total.